The van der Waals surface area contributed by atoms with Gasteiger partial charge < -0.3 is 10.1 Å². The zero-order chi connectivity index (χ0) is 17.4. The van der Waals surface area contributed by atoms with Crippen LogP contribution in [0.1, 0.15) is 12.0 Å². The van der Waals surface area contributed by atoms with Gasteiger partial charge in [-0.3, -0.25) is 4.79 Å². The predicted octanol–water partition coefficient (Wildman–Crippen LogP) is 4.74. The van der Waals surface area contributed by atoms with Crippen LogP contribution in [0.25, 0.3) is 0 Å². The molecular weight excluding hydrogens is 356 g/mol. The number of rotatable bonds is 8. The second-order valence-corrected chi connectivity index (χ2v) is 6.46. The molecular formula is C17H16ClF2NO2S. The van der Waals surface area contributed by atoms with Crippen molar-refractivity contribution in [2.75, 3.05) is 5.75 Å². The number of thioether (sulfide) groups is 1. The average Bonchev–Trinajstić information content (AvgIpc) is 2.54. The van der Waals surface area contributed by atoms with E-state index in [2.05, 4.69) is 10.1 Å². The Hall–Kier alpha value is -1.79. The van der Waals surface area contributed by atoms with E-state index in [1.807, 2.05) is 12.1 Å². The highest BCUT2D eigenvalue weighted by Crippen LogP contribution is 2.21. The van der Waals surface area contributed by atoms with Crippen molar-refractivity contribution in [3.05, 3.63) is 59.1 Å². The van der Waals surface area contributed by atoms with Gasteiger partial charge in [-0.1, -0.05) is 23.7 Å². The van der Waals surface area contributed by atoms with Gasteiger partial charge in [0.15, 0.2) is 0 Å². The molecule has 0 heterocycles. The molecule has 0 fully saturated rings. The monoisotopic (exact) mass is 371 g/mol. The number of ether oxygens (including phenoxy) is 1. The Bertz CT molecular complexity index is 668. The zero-order valence-corrected chi connectivity index (χ0v) is 14.2. The lowest BCUT2D eigenvalue weighted by Crippen LogP contribution is -2.23. The van der Waals surface area contributed by atoms with Gasteiger partial charge in [-0.25, -0.2) is 0 Å². The topological polar surface area (TPSA) is 38.3 Å². The lowest BCUT2D eigenvalue weighted by atomic mass is 10.2. The van der Waals surface area contributed by atoms with E-state index in [9.17, 15) is 13.6 Å². The number of alkyl halides is 2. The van der Waals surface area contributed by atoms with Gasteiger partial charge in [0.05, 0.1) is 0 Å². The molecule has 2 rings (SSSR count). The maximum atomic E-state index is 12.2. The third-order valence-electron chi connectivity index (χ3n) is 3.02. The van der Waals surface area contributed by atoms with Crippen molar-refractivity contribution in [3.63, 3.8) is 0 Å². The van der Waals surface area contributed by atoms with E-state index in [1.54, 1.807) is 36.0 Å². The maximum absolute atomic E-state index is 12.2. The van der Waals surface area contributed by atoms with Crippen molar-refractivity contribution in [1.29, 1.82) is 0 Å². The first-order chi connectivity index (χ1) is 11.5. The minimum Gasteiger partial charge on any atom is -0.435 e. The van der Waals surface area contributed by atoms with Gasteiger partial charge in [0.1, 0.15) is 5.75 Å². The fraction of sp³-hybridized carbons (Fsp3) is 0.235. The molecule has 2 aromatic carbocycles. The predicted molar refractivity (Wildman–Crippen MR) is 91.7 cm³/mol. The molecule has 0 saturated carbocycles. The summed E-state index contributed by atoms with van der Waals surface area (Å²) in [5, 5.41) is 3.43. The van der Waals surface area contributed by atoms with E-state index < -0.39 is 6.61 Å². The molecule has 0 atom stereocenters. The van der Waals surface area contributed by atoms with E-state index in [1.165, 1.54) is 12.1 Å². The summed E-state index contributed by atoms with van der Waals surface area (Å²) in [5.74, 6) is 0.619. The molecule has 0 aliphatic rings. The van der Waals surface area contributed by atoms with E-state index in [-0.39, 0.29) is 18.2 Å². The maximum Gasteiger partial charge on any atom is 0.387 e. The Morgan fingerprint density at radius 3 is 2.67 bits per heavy atom. The molecule has 0 bridgehead atoms. The summed E-state index contributed by atoms with van der Waals surface area (Å²) >= 11 is 7.38. The van der Waals surface area contributed by atoms with Crippen LogP contribution in [-0.4, -0.2) is 18.3 Å². The number of carbonyl (C=O) groups is 1. The highest BCUT2D eigenvalue weighted by atomic mass is 35.5. The lowest BCUT2D eigenvalue weighted by Gasteiger charge is -2.08. The van der Waals surface area contributed by atoms with Crippen LogP contribution in [0.15, 0.2) is 53.4 Å². The highest BCUT2D eigenvalue weighted by Gasteiger charge is 2.06. The number of benzene rings is 2. The largest absolute Gasteiger partial charge is 0.435 e. The summed E-state index contributed by atoms with van der Waals surface area (Å²) in [4.78, 5) is 12.9. The molecule has 2 aromatic rings. The second kappa shape index (κ2) is 9.49. The summed E-state index contributed by atoms with van der Waals surface area (Å²) in [6, 6.07) is 13.7. The fourth-order valence-electron chi connectivity index (χ4n) is 1.91. The highest BCUT2D eigenvalue weighted by molar-refractivity contribution is 7.99. The van der Waals surface area contributed by atoms with Gasteiger partial charge in [0, 0.05) is 28.6 Å². The van der Waals surface area contributed by atoms with Crippen LogP contribution in [0.3, 0.4) is 0 Å². The summed E-state index contributed by atoms with van der Waals surface area (Å²) in [5.41, 5.74) is 0.701. The molecule has 0 aliphatic heterocycles. The summed E-state index contributed by atoms with van der Waals surface area (Å²) in [6.07, 6.45) is 0.362. The van der Waals surface area contributed by atoms with Crippen LogP contribution in [0, 0.1) is 0 Å². The van der Waals surface area contributed by atoms with Crippen molar-refractivity contribution in [2.24, 2.45) is 0 Å². The molecule has 1 N–H and O–H groups in total. The third-order valence-corrected chi connectivity index (χ3v) is 4.29. The minimum absolute atomic E-state index is 0.0787. The van der Waals surface area contributed by atoms with Gasteiger partial charge in [-0.15, -0.1) is 11.8 Å². The van der Waals surface area contributed by atoms with Crippen molar-refractivity contribution in [1.82, 2.24) is 5.32 Å². The molecule has 0 saturated heterocycles. The second-order valence-electron chi connectivity index (χ2n) is 4.86. The molecule has 128 valence electrons. The van der Waals surface area contributed by atoms with Gasteiger partial charge in [-0.05, 0) is 42.0 Å². The molecule has 0 radical (unpaired) electrons. The molecule has 1 amide bonds. The summed E-state index contributed by atoms with van der Waals surface area (Å²) in [7, 11) is 0. The molecule has 24 heavy (non-hydrogen) atoms. The Morgan fingerprint density at radius 2 is 1.96 bits per heavy atom. The fourth-order valence-corrected chi connectivity index (χ4v) is 2.89. The first-order valence-corrected chi connectivity index (χ1v) is 8.58. The molecule has 3 nitrogen and oxygen atoms in total. The van der Waals surface area contributed by atoms with Gasteiger partial charge in [0.25, 0.3) is 0 Å². The van der Waals surface area contributed by atoms with Crippen molar-refractivity contribution >= 4 is 29.3 Å². The van der Waals surface area contributed by atoms with Gasteiger partial charge >= 0.3 is 6.61 Å². The first kappa shape index (κ1) is 18.5. The Balaban J connectivity index is 1.72. The zero-order valence-electron chi connectivity index (χ0n) is 12.7. The molecule has 0 aromatic heterocycles. The average molecular weight is 372 g/mol. The van der Waals surface area contributed by atoms with Crippen LogP contribution in [-0.2, 0) is 11.3 Å². The number of hydrogen-bond donors (Lipinski definition) is 1. The summed E-state index contributed by atoms with van der Waals surface area (Å²) in [6.45, 7) is -2.59. The van der Waals surface area contributed by atoms with Crippen LogP contribution in [0.4, 0.5) is 8.78 Å². The Kier molecular flexibility index (Phi) is 7.34. The summed E-state index contributed by atoms with van der Waals surface area (Å²) < 4.78 is 28.7. The number of nitrogens with one attached hydrogen (secondary N) is 1. The van der Waals surface area contributed by atoms with E-state index in [0.29, 0.717) is 22.8 Å². The van der Waals surface area contributed by atoms with Crippen LogP contribution >= 0.6 is 23.4 Å². The first-order valence-electron chi connectivity index (χ1n) is 7.22. The standard InChI is InChI=1S/C17H16ClF2NO2S/c18-13-4-6-15(7-5-13)24-9-8-16(22)21-11-12-2-1-3-14(10-12)23-17(19)20/h1-7,10,17H,8-9,11H2,(H,21,22). The molecule has 7 heteroatoms. The van der Waals surface area contributed by atoms with Gasteiger partial charge in [-0.2, -0.15) is 8.78 Å². The smallest absolute Gasteiger partial charge is 0.387 e. The van der Waals surface area contributed by atoms with Crippen LogP contribution < -0.4 is 10.1 Å². The van der Waals surface area contributed by atoms with Gasteiger partial charge in [0.2, 0.25) is 5.91 Å². The normalized spacial score (nSPS) is 10.7. The Morgan fingerprint density at radius 1 is 1.21 bits per heavy atom. The molecule has 0 aliphatic carbocycles. The van der Waals surface area contributed by atoms with Crippen molar-refractivity contribution < 1.29 is 18.3 Å². The van der Waals surface area contributed by atoms with E-state index in [0.717, 1.165) is 4.90 Å². The number of hydrogen-bond acceptors (Lipinski definition) is 3. The molecule has 0 spiro atoms. The number of halogens is 3. The van der Waals surface area contributed by atoms with E-state index in [4.69, 9.17) is 11.6 Å². The Labute approximate surface area is 148 Å². The van der Waals surface area contributed by atoms with E-state index >= 15 is 0 Å². The van der Waals surface area contributed by atoms with Crippen LogP contribution in [0.2, 0.25) is 5.02 Å². The van der Waals surface area contributed by atoms with Crippen LogP contribution in [0.5, 0.6) is 5.75 Å². The quantitative estimate of drug-likeness (QED) is 0.681. The minimum atomic E-state index is -2.86. The van der Waals surface area contributed by atoms with Crippen molar-refractivity contribution in [2.45, 2.75) is 24.5 Å². The lowest BCUT2D eigenvalue weighted by molar-refractivity contribution is -0.120. The molecule has 0 unspecified atom stereocenters. The SMILES string of the molecule is O=C(CCSc1ccc(Cl)cc1)NCc1cccc(OC(F)F)c1. The third kappa shape index (κ3) is 6.76. The number of carbonyl (C=O) groups excluding carboxylic acids is 1. The number of amides is 1. The van der Waals surface area contributed by atoms with Crippen molar-refractivity contribution in [3.8, 4) is 5.75 Å².